The molecule has 19 heavy (non-hydrogen) atoms. The van der Waals surface area contributed by atoms with Crippen LogP contribution in [0, 0.1) is 0 Å². The Labute approximate surface area is 121 Å². The van der Waals surface area contributed by atoms with E-state index in [1.165, 1.54) is 0 Å². The standard InChI is InChI=1S/C14H16ClNO2S/c15-12-3-1-11(2-4-12)8-18-9-14(17)7-16-13-5-6-19-10-13/h1-6,10,14,16-17H,7-9H2. The minimum Gasteiger partial charge on any atom is -0.389 e. The maximum absolute atomic E-state index is 9.76. The number of hydrogen-bond donors (Lipinski definition) is 2. The first-order valence-corrected chi connectivity index (χ1v) is 7.32. The van der Waals surface area contributed by atoms with Crippen LogP contribution in [0.2, 0.25) is 5.02 Å². The Morgan fingerprint density at radius 2 is 2.05 bits per heavy atom. The zero-order valence-corrected chi connectivity index (χ0v) is 12.0. The number of rotatable bonds is 7. The molecule has 1 aromatic carbocycles. The first-order valence-electron chi connectivity index (χ1n) is 6.00. The first-order chi connectivity index (χ1) is 9.24. The second-order valence-electron chi connectivity index (χ2n) is 4.19. The summed E-state index contributed by atoms with van der Waals surface area (Å²) < 4.78 is 5.46. The largest absolute Gasteiger partial charge is 0.389 e. The lowest BCUT2D eigenvalue weighted by molar-refractivity contribution is 0.0348. The van der Waals surface area contributed by atoms with E-state index in [0.717, 1.165) is 11.3 Å². The average molecular weight is 298 g/mol. The number of hydrogen-bond acceptors (Lipinski definition) is 4. The number of nitrogens with one attached hydrogen (secondary N) is 1. The highest BCUT2D eigenvalue weighted by molar-refractivity contribution is 7.08. The molecule has 0 bridgehead atoms. The third kappa shape index (κ3) is 5.20. The van der Waals surface area contributed by atoms with Crippen LogP contribution >= 0.6 is 22.9 Å². The molecule has 1 atom stereocenters. The van der Waals surface area contributed by atoms with E-state index in [2.05, 4.69) is 5.32 Å². The Balaban J connectivity index is 1.63. The lowest BCUT2D eigenvalue weighted by Crippen LogP contribution is -2.24. The van der Waals surface area contributed by atoms with E-state index in [0.29, 0.717) is 24.8 Å². The van der Waals surface area contributed by atoms with Crippen molar-refractivity contribution in [3.63, 3.8) is 0 Å². The first kappa shape index (κ1) is 14.3. The number of benzene rings is 1. The fourth-order valence-electron chi connectivity index (χ4n) is 1.55. The fourth-order valence-corrected chi connectivity index (χ4v) is 2.29. The van der Waals surface area contributed by atoms with Crippen molar-refractivity contribution < 1.29 is 9.84 Å². The van der Waals surface area contributed by atoms with Crippen molar-refractivity contribution in [3.05, 3.63) is 51.7 Å². The molecule has 0 spiro atoms. The molecule has 102 valence electrons. The molecule has 0 aliphatic carbocycles. The van der Waals surface area contributed by atoms with Gasteiger partial charge in [0.05, 0.1) is 19.3 Å². The predicted molar refractivity (Wildman–Crippen MR) is 79.9 cm³/mol. The lowest BCUT2D eigenvalue weighted by atomic mass is 10.2. The number of aliphatic hydroxyl groups is 1. The van der Waals surface area contributed by atoms with Gasteiger partial charge in [-0.25, -0.2) is 0 Å². The molecule has 2 rings (SSSR count). The van der Waals surface area contributed by atoms with Gasteiger partial charge in [-0.3, -0.25) is 0 Å². The van der Waals surface area contributed by atoms with Crippen molar-refractivity contribution >= 4 is 28.6 Å². The summed E-state index contributed by atoms with van der Waals surface area (Å²) in [5.74, 6) is 0. The predicted octanol–water partition coefficient (Wildman–Crippen LogP) is 3.39. The van der Waals surface area contributed by atoms with Crippen LogP contribution in [-0.4, -0.2) is 24.4 Å². The van der Waals surface area contributed by atoms with Gasteiger partial charge in [-0.1, -0.05) is 23.7 Å². The average Bonchev–Trinajstić information content (AvgIpc) is 2.92. The molecule has 3 nitrogen and oxygen atoms in total. The third-order valence-electron chi connectivity index (χ3n) is 2.56. The molecular weight excluding hydrogens is 282 g/mol. The summed E-state index contributed by atoms with van der Waals surface area (Å²) in [6.45, 7) is 1.27. The Kier molecular flexibility index (Phi) is 5.66. The summed E-state index contributed by atoms with van der Waals surface area (Å²) in [5.41, 5.74) is 2.07. The van der Waals surface area contributed by atoms with Gasteiger partial charge in [-0.15, -0.1) is 0 Å². The smallest absolute Gasteiger partial charge is 0.0945 e. The van der Waals surface area contributed by atoms with E-state index >= 15 is 0 Å². The minimum absolute atomic E-state index is 0.305. The van der Waals surface area contributed by atoms with Crippen LogP contribution in [0.3, 0.4) is 0 Å². The van der Waals surface area contributed by atoms with Crippen LogP contribution in [0.25, 0.3) is 0 Å². The van der Waals surface area contributed by atoms with Gasteiger partial charge in [0.2, 0.25) is 0 Å². The summed E-state index contributed by atoms with van der Waals surface area (Å²) >= 11 is 7.42. The molecule has 1 unspecified atom stereocenters. The van der Waals surface area contributed by atoms with Gasteiger partial charge in [-0.2, -0.15) is 11.3 Å². The summed E-state index contributed by atoms with van der Waals surface area (Å²) in [6.07, 6.45) is -0.521. The summed E-state index contributed by atoms with van der Waals surface area (Å²) in [7, 11) is 0. The van der Waals surface area contributed by atoms with Crippen LogP contribution in [0.4, 0.5) is 5.69 Å². The van der Waals surface area contributed by atoms with Crippen molar-refractivity contribution in [2.75, 3.05) is 18.5 Å². The summed E-state index contributed by atoms with van der Waals surface area (Å²) in [5, 5.41) is 17.6. The molecule has 0 aliphatic rings. The number of halogens is 1. The van der Waals surface area contributed by atoms with Crippen molar-refractivity contribution in [2.45, 2.75) is 12.7 Å². The van der Waals surface area contributed by atoms with Crippen molar-refractivity contribution in [1.82, 2.24) is 0 Å². The second-order valence-corrected chi connectivity index (χ2v) is 5.40. The molecule has 0 aliphatic heterocycles. The Morgan fingerprint density at radius 1 is 1.26 bits per heavy atom. The maximum atomic E-state index is 9.76. The number of aliphatic hydroxyl groups excluding tert-OH is 1. The van der Waals surface area contributed by atoms with Gasteiger partial charge < -0.3 is 15.2 Å². The Morgan fingerprint density at radius 3 is 2.74 bits per heavy atom. The van der Waals surface area contributed by atoms with Crippen LogP contribution in [0.5, 0.6) is 0 Å². The normalized spacial score (nSPS) is 12.3. The minimum atomic E-state index is -0.521. The van der Waals surface area contributed by atoms with Crippen molar-refractivity contribution in [1.29, 1.82) is 0 Å². The molecule has 1 aromatic heterocycles. The van der Waals surface area contributed by atoms with E-state index < -0.39 is 6.10 Å². The number of thiophene rings is 1. The molecule has 2 N–H and O–H groups in total. The van der Waals surface area contributed by atoms with Crippen molar-refractivity contribution in [3.8, 4) is 0 Å². The Bertz CT molecular complexity index is 473. The molecule has 0 radical (unpaired) electrons. The molecule has 0 fully saturated rings. The van der Waals surface area contributed by atoms with E-state index in [-0.39, 0.29) is 0 Å². The number of ether oxygens (including phenoxy) is 1. The van der Waals surface area contributed by atoms with Gasteiger partial charge in [0.25, 0.3) is 0 Å². The lowest BCUT2D eigenvalue weighted by Gasteiger charge is -2.12. The van der Waals surface area contributed by atoms with Gasteiger partial charge in [-0.05, 0) is 29.1 Å². The van der Waals surface area contributed by atoms with Crippen molar-refractivity contribution in [2.24, 2.45) is 0 Å². The maximum Gasteiger partial charge on any atom is 0.0945 e. The topological polar surface area (TPSA) is 41.5 Å². The van der Waals surface area contributed by atoms with E-state index in [1.807, 2.05) is 41.1 Å². The van der Waals surface area contributed by atoms with Gasteiger partial charge in [0.1, 0.15) is 0 Å². The highest BCUT2D eigenvalue weighted by atomic mass is 35.5. The third-order valence-corrected chi connectivity index (χ3v) is 3.49. The SMILES string of the molecule is OC(CNc1ccsc1)COCc1ccc(Cl)cc1. The number of anilines is 1. The highest BCUT2D eigenvalue weighted by Crippen LogP contribution is 2.12. The summed E-state index contributed by atoms with van der Waals surface area (Å²) in [4.78, 5) is 0. The second kappa shape index (κ2) is 7.50. The monoisotopic (exact) mass is 297 g/mol. The molecule has 1 heterocycles. The molecule has 2 aromatic rings. The van der Waals surface area contributed by atoms with E-state index in [4.69, 9.17) is 16.3 Å². The van der Waals surface area contributed by atoms with Gasteiger partial charge in [0, 0.05) is 22.6 Å². The van der Waals surface area contributed by atoms with Crippen LogP contribution < -0.4 is 5.32 Å². The quantitative estimate of drug-likeness (QED) is 0.823. The van der Waals surface area contributed by atoms with Gasteiger partial charge in [0.15, 0.2) is 0 Å². The van der Waals surface area contributed by atoms with E-state index in [1.54, 1.807) is 11.3 Å². The summed E-state index contributed by atoms with van der Waals surface area (Å²) in [6, 6.07) is 9.46. The van der Waals surface area contributed by atoms with E-state index in [9.17, 15) is 5.11 Å². The van der Waals surface area contributed by atoms with Crippen LogP contribution in [-0.2, 0) is 11.3 Å². The molecule has 0 saturated carbocycles. The van der Waals surface area contributed by atoms with Gasteiger partial charge >= 0.3 is 0 Å². The van der Waals surface area contributed by atoms with Crippen LogP contribution in [0.15, 0.2) is 41.1 Å². The zero-order chi connectivity index (χ0) is 13.5. The Hall–Kier alpha value is -1.07. The zero-order valence-electron chi connectivity index (χ0n) is 10.4. The molecule has 5 heteroatoms. The van der Waals surface area contributed by atoms with Crippen LogP contribution in [0.1, 0.15) is 5.56 Å². The fraction of sp³-hybridized carbons (Fsp3) is 0.286. The molecular formula is C14H16ClNO2S. The molecule has 0 amide bonds. The highest BCUT2D eigenvalue weighted by Gasteiger charge is 2.04. The molecule has 0 saturated heterocycles.